The number of aromatic nitrogens is 3. The summed E-state index contributed by atoms with van der Waals surface area (Å²) in [6.45, 7) is 9.99. The minimum atomic E-state index is 0.126. The first-order valence-electron chi connectivity index (χ1n) is 15.8. The molecule has 2 aliphatic rings. The van der Waals surface area contributed by atoms with Crippen LogP contribution < -0.4 is 15.0 Å². The van der Waals surface area contributed by atoms with Crippen LogP contribution in [0.3, 0.4) is 0 Å². The second-order valence-corrected chi connectivity index (χ2v) is 12.5. The van der Waals surface area contributed by atoms with Crippen LogP contribution in [0.2, 0.25) is 5.02 Å². The molecule has 2 fully saturated rings. The quantitative estimate of drug-likeness (QED) is 0.226. The first-order chi connectivity index (χ1) is 21.9. The number of imidazole rings is 1. The molecule has 1 amide bonds. The monoisotopic (exact) mass is 631 g/mol. The van der Waals surface area contributed by atoms with Crippen LogP contribution >= 0.6 is 11.6 Å². The van der Waals surface area contributed by atoms with Gasteiger partial charge in [0.2, 0.25) is 5.91 Å². The number of nitrogens with zero attached hydrogens (tertiary/aromatic N) is 5. The van der Waals surface area contributed by atoms with Gasteiger partial charge in [-0.1, -0.05) is 23.7 Å². The number of piperazine rings is 1. The summed E-state index contributed by atoms with van der Waals surface area (Å²) < 4.78 is 10.9. The van der Waals surface area contributed by atoms with Gasteiger partial charge in [0.15, 0.2) is 5.65 Å². The molecule has 4 aromatic rings. The van der Waals surface area contributed by atoms with E-state index in [0.29, 0.717) is 43.0 Å². The molecule has 2 aliphatic heterocycles. The summed E-state index contributed by atoms with van der Waals surface area (Å²) in [5.41, 5.74) is 5.51. The van der Waals surface area contributed by atoms with E-state index in [1.807, 2.05) is 55.1 Å². The zero-order chi connectivity index (χ0) is 31.3. The Morgan fingerprint density at radius 1 is 1.04 bits per heavy atom. The number of pyridine rings is 1. The maximum absolute atomic E-state index is 12.7. The first-order valence-corrected chi connectivity index (χ1v) is 16.1. The minimum Gasteiger partial charge on any atom is -0.497 e. The van der Waals surface area contributed by atoms with Gasteiger partial charge >= 0.3 is 0 Å². The fourth-order valence-corrected chi connectivity index (χ4v) is 6.22. The lowest BCUT2D eigenvalue weighted by Gasteiger charge is -2.35. The molecular weight excluding hydrogens is 590 g/mol. The molecule has 0 unspecified atom stereocenters. The van der Waals surface area contributed by atoms with Gasteiger partial charge in [-0.05, 0) is 68.7 Å². The van der Waals surface area contributed by atoms with E-state index in [4.69, 9.17) is 26.1 Å². The Balaban J connectivity index is 1.07. The Hall–Kier alpha value is -3.86. The number of anilines is 2. The van der Waals surface area contributed by atoms with E-state index < -0.39 is 0 Å². The molecular formula is C34H42ClN7O3. The van der Waals surface area contributed by atoms with Crippen molar-refractivity contribution in [2.75, 3.05) is 63.2 Å². The highest BCUT2D eigenvalue weighted by atomic mass is 35.5. The van der Waals surface area contributed by atoms with Crippen LogP contribution in [0.15, 0.2) is 54.7 Å². The molecule has 0 bridgehead atoms. The maximum Gasteiger partial charge on any atom is 0.242 e. The number of hydrogen-bond donors (Lipinski definition) is 2. The molecule has 2 aromatic heterocycles. The number of likely N-dealkylation sites (tertiary alicyclic amines) is 1. The Kier molecular flexibility index (Phi) is 9.73. The number of aromatic amines is 1. The van der Waals surface area contributed by atoms with E-state index in [1.54, 1.807) is 13.3 Å². The van der Waals surface area contributed by atoms with Crippen LogP contribution in [0.25, 0.3) is 22.6 Å². The minimum absolute atomic E-state index is 0.126. The summed E-state index contributed by atoms with van der Waals surface area (Å²) in [6, 6.07) is 16.8. The Morgan fingerprint density at radius 3 is 2.49 bits per heavy atom. The van der Waals surface area contributed by atoms with Crippen molar-refractivity contribution in [3.63, 3.8) is 0 Å². The molecule has 11 heteroatoms. The van der Waals surface area contributed by atoms with E-state index in [9.17, 15) is 4.79 Å². The number of carbonyl (C=O) groups excluding carboxylic acids is 1. The number of carbonyl (C=O) groups is 1. The Labute approximate surface area is 269 Å². The predicted molar refractivity (Wildman–Crippen MR) is 179 cm³/mol. The van der Waals surface area contributed by atoms with Crippen molar-refractivity contribution >= 4 is 40.0 Å². The number of ether oxygens (including phenoxy) is 2. The van der Waals surface area contributed by atoms with Crippen LogP contribution in [0, 0.1) is 0 Å². The summed E-state index contributed by atoms with van der Waals surface area (Å²) in [7, 11) is 1.69. The van der Waals surface area contributed by atoms with Gasteiger partial charge in [-0.3, -0.25) is 9.69 Å². The smallest absolute Gasteiger partial charge is 0.242 e. The van der Waals surface area contributed by atoms with Gasteiger partial charge in [-0.15, -0.1) is 0 Å². The van der Waals surface area contributed by atoms with Crippen molar-refractivity contribution in [1.82, 2.24) is 24.8 Å². The number of fused-ring (bicyclic) bond motifs is 1. The van der Waals surface area contributed by atoms with Gasteiger partial charge < -0.3 is 29.6 Å². The number of benzene rings is 2. The molecule has 238 valence electrons. The van der Waals surface area contributed by atoms with Gasteiger partial charge in [0, 0.05) is 56.6 Å². The van der Waals surface area contributed by atoms with E-state index in [1.165, 1.54) is 5.56 Å². The molecule has 0 saturated carbocycles. The predicted octanol–water partition coefficient (Wildman–Crippen LogP) is 5.44. The number of amides is 1. The summed E-state index contributed by atoms with van der Waals surface area (Å²) in [4.78, 5) is 32.1. The Morgan fingerprint density at radius 2 is 1.80 bits per heavy atom. The molecule has 0 spiro atoms. The summed E-state index contributed by atoms with van der Waals surface area (Å²) in [5, 5.41) is 4.25. The molecule has 6 rings (SSSR count). The van der Waals surface area contributed by atoms with Crippen LogP contribution in [-0.4, -0.2) is 95.8 Å². The number of halogens is 1. The molecule has 0 aliphatic carbocycles. The second-order valence-electron chi connectivity index (χ2n) is 12.1. The number of piperidine rings is 1. The fraction of sp³-hybridized carbons (Fsp3) is 0.441. The van der Waals surface area contributed by atoms with Gasteiger partial charge in [0.1, 0.15) is 17.1 Å². The molecule has 0 radical (unpaired) electrons. The molecule has 10 nitrogen and oxygen atoms in total. The molecule has 2 N–H and O–H groups in total. The average Bonchev–Trinajstić information content (AvgIpc) is 3.49. The SMILES string of the molecule is COc1ccc(CN2CCC(Nc3c(Cl)cnc4[nH]c(-c5ccc(N6CCN(CCOC(C)C)C(=O)C6)cc5)nc34)CC2)cc1. The highest BCUT2D eigenvalue weighted by molar-refractivity contribution is 6.34. The lowest BCUT2D eigenvalue weighted by molar-refractivity contribution is -0.132. The second kappa shape index (κ2) is 14.1. The summed E-state index contributed by atoms with van der Waals surface area (Å²) in [5.74, 6) is 1.74. The summed E-state index contributed by atoms with van der Waals surface area (Å²) in [6.07, 6.45) is 3.87. The first kappa shape index (κ1) is 31.1. The van der Waals surface area contributed by atoms with Crippen molar-refractivity contribution in [3.05, 3.63) is 65.3 Å². The lowest BCUT2D eigenvalue weighted by Crippen LogP contribution is -2.51. The van der Waals surface area contributed by atoms with Crippen molar-refractivity contribution in [2.24, 2.45) is 0 Å². The highest BCUT2D eigenvalue weighted by Gasteiger charge is 2.25. The molecule has 2 aromatic carbocycles. The number of hydrogen-bond acceptors (Lipinski definition) is 8. The number of H-pyrrole nitrogens is 1. The molecule has 45 heavy (non-hydrogen) atoms. The Bertz CT molecular complexity index is 1580. The van der Waals surface area contributed by atoms with Crippen LogP contribution in [-0.2, 0) is 16.1 Å². The lowest BCUT2D eigenvalue weighted by atomic mass is 10.0. The van der Waals surface area contributed by atoms with Crippen molar-refractivity contribution in [3.8, 4) is 17.1 Å². The fourth-order valence-electron chi connectivity index (χ4n) is 6.03. The zero-order valence-electron chi connectivity index (χ0n) is 26.3. The number of methoxy groups -OCH3 is 1. The van der Waals surface area contributed by atoms with Crippen molar-refractivity contribution < 1.29 is 14.3 Å². The van der Waals surface area contributed by atoms with E-state index >= 15 is 0 Å². The van der Waals surface area contributed by atoms with Crippen molar-refractivity contribution in [1.29, 1.82) is 0 Å². The van der Waals surface area contributed by atoms with Crippen molar-refractivity contribution in [2.45, 2.75) is 45.4 Å². The standard InChI is InChI=1S/C34H42ClN7O3/c1-23(2)45-19-18-41-16-17-42(22-30(41)43)27-8-6-25(7-9-27)33-38-32-31(29(35)20-36-34(32)39-33)37-26-12-14-40(15-13-26)21-24-4-10-28(44-3)11-5-24/h4-11,20,23,26H,12-19,21-22H2,1-3H3,(H2,36,37,38,39). The van der Waals surface area contributed by atoms with Crippen LogP contribution in [0.5, 0.6) is 5.75 Å². The normalized spacial score (nSPS) is 16.6. The van der Waals surface area contributed by atoms with E-state index in [2.05, 4.69) is 37.2 Å². The van der Waals surface area contributed by atoms with E-state index in [-0.39, 0.29) is 12.0 Å². The van der Waals surface area contributed by atoms with Gasteiger partial charge in [-0.25, -0.2) is 9.97 Å². The molecule has 2 saturated heterocycles. The molecule has 4 heterocycles. The largest absolute Gasteiger partial charge is 0.497 e. The number of nitrogens with one attached hydrogen (secondary N) is 2. The van der Waals surface area contributed by atoms with Gasteiger partial charge in [0.25, 0.3) is 0 Å². The van der Waals surface area contributed by atoms with Gasteiger partial charge in [-0.2, -0.15) is 0 Å². The van der Waals surface area contributed by atoms with Crippen LogP contribution in [0.4, 0.5) is 11.4 Å². The summed E-state index contributed by atoms with van der Waals surface area (Å²) >= 11 is 6.67. The topological polar surface area (TPSA) is 98.9 Å². The maximum atomic E-state index is 12.7. The highest BCUT2D eigenvalue weighted by Crippen LogP contribution is 2.33. The third kappa shape index (κ3) is 7.52. The van der Waals surface area contributed by atoms with Gasteiger partial charge in [0.05, 0.1) is 43.3 Å². The van der Waals surface area contributed by atoms with E-state index in [0.717, 1.165) is 73.0 Å². The third-order valence-electron chi connectivity index (χ3n) is 8.61. The number of rotatable bonds is 11. The van der Waals surface area contributed by atoms with Crippen LogP contribution in [0.1, 0.15) is 32.3 Å². The average molecular weight is 632 g/mol. The molecule has 0 atom stereocenters. The third-order valence-corrected chi connectivity index (χ3v) is 8.89. The zero-order valence-corrected chi connectivity index (χ0v) is 27.0.